The summed E-state index contributed by atoms with van der Waals surface area (Å²) >= 11 is 0. The van der Waals surface area contributed by atoms with E-state index in [-0.39, 0.29) is 5.91 Å². The zero-order valence-corrected chi connectivity index (χ0v) is 8.99. The fourth-order valence-corrected chi connectivity index (χ4v) is 2.25. The van der Waals surface area contributed by atoms with Gasteiger partial charge >= 0.3 is 0 Å². The Morgan fingerprint density at radius 1 is 1.44 bits per heavy atom. The highest BCUT2D eigenvalue weighted by molar-refractivity contribution is 6.00. The lowest BCUT2D eigenvalue weighted by Gasteiger charge is -2.17. The molecule has 1 aliphatic heterocycles. The van der Waals surface area contributed by atoms with Crippen LogP contribution in [-0.2, 0) is 6.54 Å². The molecule has 1 aromatic carbocycles. The minimum absolute atomic E-state index is 0.00972. The average Bonchev–Trinajstić information content (AvgIpc) is 2.69. The van der Waals surface area contributed by atoms with Gasteiger partial charge in [0.15, 0.2) is 0 Å². The van der Waals surface area contributed by atoms with Gasteiger partial charge in [0.25, 0.3) is 5.91 Å². The number of aromatic nitrogens is 1. The van der Waals surface area contributed by atoms with Crippen molar-refractivity contribution in [1.29, 1.82) is 0 Å². The van der Waals surface area contributed by atoms with Crippen LogP contribution in [0.1, 0.15) is 10.5 Å². The quantitative estimate of drug-likeness (QED) is 0.782. The summed E-state index contributed by atoms with van der Waals surface area (Å²) < 4.78 is 7.36. The van der Waals surface area contributed by atoms with Gasteiger partial charge in [0, 0.05) is 18.5 Å². The molecule has 0 unspecified atom stereocenters. The van der Waals surface area contributed by atoms with Crippen molar-refractivity contribution in [2.75, 3.05) is 13.7 Å². The van der Waals surface area contributed by atoms with Crippen molar-refractivity contribution in [3.63, 3.8) is 0 Å². The number of carbonyl (C=O) groups excluding carboxylic acids is 1. The molecule has 82 valence electrons. The number of hydrogen-bond acceptors (Lipinski definition) is 2. The molecule has 1 aliphatic rings. The predicted molar refractivity (Wildman–Crippen MR) is 60.8 cm³/mol. The van der Waals surface area contributed by atoms with Gasteiger partial charge in [-0.2, -0.15) is 0 Å². The minimum atomic E-state index is -0.00972. The van der Waals surface area contributed by atoms with E-state index in [0.29, 0.717) is 12.2 Å². The Morgan fingerprint density at radius 3 is 3.12 bits per heavy atom. The number of ether oxygens (including phenoxy) is 1. The van der Waals surface area contributed by atoms with Crippen LogP contribution in [0.4, 0.5) is 0 Å². The fourth-order valence-electron chi connectivity index (χ4n) is 2.25. The maximum atomic E-state index is 11.7. The van der Waals surface area contributed by atoms with E-state index < -0.39 is 0 Å². The van der Waals surface area contributed by atoms with Gasteiger partial charge in [-0.1, -0.05) is 12.1 Å². The molecule has 4 nitrogen and oxygen atoms in total. The molecule has 0 fully saturated rings. The van der Waals surface area contributed by atoms with E-state index in [1.54, 1.807) is 7.11 Å². The second kappa shape index (κ2) is 3.27. The average molecular weight is 216 g/mol. The molecule has 1 N–H and O–H groups in total. The highest BCUT2D eigenvalue weighted by Crippen LogP contribution is 2.29. The Hall–Kier alpha value is -1.97. The first-order chi connectivity index (χ1) is 7.81. The van der Waals surface area contributed by atoms with Crippen molar-refractivity contribution in [2.45, 2.75) is 6.54 Å². The molecule has 0 saturated heterocycles. The van der Waals surface area contributed by atoms with E-state index in [9.17, 15) is 4.79 Å². The normalized spacial score (nSPS) is 14.7. The van der Waals surface area contributed by atoms with Crippen LogP contribution in [0.15, 0.2) is 24.3 Å². The van der Waals surface area contributed by atoms with Gasteiger partial charge < -0.3 is 14.6 Å². The molecule has 3 rings (SSSR count). The van der Waals surface area contributed by atoms with E-state index >= 15 is 0 Å². The van der Waals surface area contributed by atoms with Crippen LogP contribution in [0.5, 0.6) is 5.75 Å². The number of amides is 1. The third-order valence-electron chi connectivity index (χ3n) is 2.96. The lowest BCUT2D eigenvalue weighted by molar-refractivity contribution is 0.0929. The summed E-state index contributed by atoms with van der Waals surface area (Å²) in [5, 5.41) is 3.88. The number of para-hydroxylation sites is 1. The summed E-state index contributed by atoms with van der Waals surface area (Å²) in [5.41, 5.74) is 1.72. The van der Waals surface area contributed by atoms with Crippen molar-refractivity contribution < 1.29 is 9.53 Å². The van der Waals surface area contributed by atoms with Crippen molar-refractivity contribution in [2.24, 2.45) is 0 Å². The molecule has 0 atom stereocenters. The first kappa shape index (κ1) is 9.27. The summed E-state index contributed by atoms with van der Waals surface area (Å²) in [7, 11) is 1.65. The molecule has 4 heteroatoms. The number of nitrogens with zero attached hydrogens (tertiary/aromatic N) is 1. The van der Waals surface area contributed by atoms with Crippen LogP contribution in [0.2, 0.25) is 0 Å². The Kier molecular flexibility index (Phi) is 1.89. The SMILES string of the molecule is COc1cccc2cc3n(c12)CCNC3=O. The van der Waals surface area contributed by atoms with E-state index in [1.165, 1.54) is 0 Å². The van der Waals surface area contributed by atoms with Crippen molar-refractivity contribution in [3.8, 4) is 5.75 Å². The van der Waals surface area contributed by atoms with Gasteiger partial charge in [-0.15, -0.1) is 0 Å². The first-order valence-corrected chi connectivity index (χ1v) is 5.25. The van der Waals surface area contributed by atoms with Crippen molar-refractivity contribution >= 4 is 16.8 Å². The van der Waals surface area contributed by atoms with Crippen LogP contribution >= 0.6 is 0 Å². The molecular formula is C12H12N2O2. The number of nitrogens with one attached hydrogen (secondary N) is 1. The third-order valence-corrected chi connectivity index (χ3v) is 2.96. The summed E-state index contributed by atoms with van der Waals surface area (Å²) in [4.78, 5) is 11.7. The van der Waals surface area contributed by atoms with Crippen LogP contribution < -0.4 is 10.1 Å². The van der Waals surface area contributed by atoms with Gasteiger partial charge in [-0.05, 0) is 12.1 Å². The number of fused-ring (bicyclic) bond motifs is 3. The Balaban J connectivity index is 2.37. The van der Waals surface area contributed by atoms with Crippen LogP contribution in [-0.4, -0.2) is 24.1 Å². The van der Waals surface area contributed by atoms with E-state index in [0.717, 1.165) is 23.2 Å². The molecule has 16 heavy (non-hydrogen) atoms. The standard InChI is InChI=1S/C12H12N2O2/c1-16-10-4-2-3-8-7-9-12(15)13-5-6-14(9)11(8)10/h2-4,7H,5-6H2,1H3,(H,13,15). The molecule has 0 radical (unpaired) electrons. The van der Waals surface area contributed by atoms with Gasteiger partial charge in [0.1, 0.15) is 11.4 Å². The summed E-state index contributed by atoms with van der Waals surface area (Å²) in [6, 6.07) is 7.76. The van der Waals surface area contributed by atoms with Crippen LogP contribution in [0.25, 0.3) is 10.9 Å². The highest BCUT2D eigenvalue weighted by Gasteiger charge is 2.20. The minimum Gasteiger partial charge on any atom is -0.495 e. The lowest BCUT2D eigenvalue weighted by atomic mass is 10.2. The van der Waals surface area contributed by atoms with Crippen LogP contribution in [0.3, 0.4) is 0 Å². The summed E-state index contributed by atoms with van der Waals surface area (Å²) in [5.74, 6) is 0.808. The van der Waals surface area contributed by atoms with Gasteiger partial charge in [-0.3, -0.25) is 4.79 Å². The maximum absolute atomic E-state index is 11.7. The Morgan fingerprint density at radius 2 is 2.31 bits per heavy atom. The van der Waals surface area contributed by atoms with Crippen molar-refractivity contribution in [1.82, 2.24) is 9.88 Å². The molecule has 0 saturated carbocycles. The number of carbonyl (C=O) groups is 1. The largest absolute Gasteiger partial charge is 0.495 e. The van der Waals surface area contributed by atoms with Crippen LogP contribution in [0, 0.1) is 0 Å². The highest BCUT2D eigenvalue weighted by atomic mass is 16.5. The van der Waals surface area contributed by atoms with Crippen molar-refractivity contribution in [3.05, 3.63) is 30.0 Å². The summed E-state index contributed by atoms with van der Waals surface area (Å²) in [6.07, 6.45) is 0. The lowest BCUT2D eigenvalue weighted by Crippen LogP contribution is -2.34. The topological polar surface area (TPSA) is 43.3 Å². The molecule has 1 amide bonds. The van der Waals surface area contributed by atoms with E-state index in [1.807, 2.05) is 28.8 Å². The Labute approximate surface area is 92.8 Å². The number of methoxy groups -OCH3 is 1. The molecule has 2 aromatic rings. The smallest absolute Gasteiger partial charge is 0.268 e. The molecule has 0 aliphatic carbocycles. The van der Waals surface area contributed by atoms with Gasteiger partial charge in [0.05, 0.1) is 12.6 Å². The zero-order chi connectivity index (χ0) is 11.1. The molecule has 0 bridgehead atoms. The maximum Gasteiger partial charge on any atom is 0.268 e. The van der Waals surface area contributed by atoms with E-state index in [4.69, 9.17) is 4.74 Å². The molecule has 2 heterocycles. The Bertz CT molecular complexity index is 572. The number of hydrogen-bond donors (Lipinski definition) is 1. The predicted octanol–water partition coefficient (Wildman–Crippen LogP) is 1.39. The fraction of sp³-hybridized carbons (Fsp3) is 0.250. The van der Waals surface area contributed by atoms with Gasteiger partial charge in [-0.25, -0.2) is 0 Å². The third kappa shape index (κ3) is 1.13. The number of rotatable bonds is 1. The number of benzene rings is 1. The van der Waals surface area contributed by atoms with E-state index in [2.05, 4.69) is 5.32 Å². The first-order valence-electron chi connectivity index (χ1n) is 5.25. The molecule has 0 spiro atoms. The second-order valence-electron chi connectivity index (χ2n) is 3.84. The van der Waals surface area contributed by atoms with Gasteiger partial charge in [0.2, 0.25) is 0 Å². The molecular weight excluding hydrogens is 204 g/mol. The molecule has 1 aromatic heterocycles. The summed E-state index contributed by atoms with van der Waals surface area (Å²) in [6.45, 7) is 1.47. The monoisotopic (exact) mass is 216 g/mol. The zero-order valence-electron chi connectivity index (χ0n) is 8.99. The second-order valence-corrected chi connectivity index (χ2v) is 3.84.